The molecule has 0 saturated heterocycles. The second kappa shape index (κ2) is 17.3. The van der Waals surface area contributed by atoms with E-state index in [1.54, 1.807) is 0 Å². The van der Waals surface area contributed by atoms with Gasteiger partial charge in [0.05, 0.1) is 28.1 Å². The van der Waals surface area contributed by atoms with E-state index in [2.05, 4.69) is 217 Å². The minimum absolute atomic E-state index is 0.656. The van der Waals surface area contributed by atoms with Gasteiger partial charge in [0, 0.05) is 60.1 Å². The molecule has 0 aliphatic heterocycles. The predicted octanol–water partition coefficient (Wildman–Crippen LogP) is 19.0. The molecular weight excluding hydrogens is 915 g/mol. The molecule has 11 aromatic carbocycles. The summed E-state index contributed by atoms with van der Waals surface area (Å²) in [4.78, 5) is 10.7. The average Bonchev–Trinajstić information content (AvgIpc) is 4.20. The average molecular weight is 958 g/mol. The summed E-state index contributed by atoms with van der Waals surface area (Å²) in [5.41, 5.74) is 19.9. The number of benzene rings is 11. The Morgan fingerprint density at radius 1 is 0.253 bits per heavy atom. The first-order valence-corrected chi connectivity index (χ1v) is 25.4. The Labute approximate surface area is 431 Å². The van der Waals surface area contributed by atoms with Gasteiger partial charge >= 0.3 is 0 Å². The summed E-state index contributed by atoms with van der Waals surface area (Å²) in [6.07, 6.45) is 0. The van der Waals surface area contributed by atoms with E-state index in [1.165, 1.54) is 10.8 Å². The molecule has 0 amide bonds. The molecule has 75 heavy (non-hydrogen) atoms. The highest BCUT2D eigenvalue weighted by atomic mass is 16.3. The van der Waals surface area contributed by atoms with E-state index in [4.69, 9.17) is 18.8 Å². The Balaban J connectivity index is 1.09. The van der Waals surface area contributed by atoms with Crippen molar-refractivity contribution in [3.8, 4) is 84.1 Å². The number of aromatic nitrogens is 3. The molecule has 0 spiro atoms. The fourth-order valence-corrected chi connectivity index (χ4v) is 11.4. The SMILES string of the molecule is c1ccc(-c2cc(-c3cc(-c4ccccc4-c4ccc5oc6ccccc6c5c4)c(-n4c5ccccc5c5ccccc54)c(-c4ccccc4-c4ccc5oc6ccccc6c5c4)c3)nc(-c3ccccc3)n2)cc1. The largest absolute Gasteiger partial charge is 0.456 e. The van der Waals surface area contributed by atoms with Crippen LogP contribution in [0.25, 0.3) is 150 Å². The van der Waals surface area contributed by atoms with Crippen LogP contribution in [0.15, 0.2) is 270 Å². The van der Waals surface area contributed by atoms with E-state index in [9.17, 15) is 0 Å². The fraction of sp³-hybridized carbons (Fsp3) is 0. The monoisotopic (exact) mass is 957 g/mol. The summed E-state index contributed by atoms with van der Waals surface area (Å²) in [5, 5.41) is 6.70. The molecule has 0 bridgehead atoms. The van der Waals surface area contributed by atoms with E-state index < -0.39 is 0 Å². The third-order valence-corrected chi connectivity index (χ3v) is 14.8. The van der Waals surface area contributed by atoms with Gasteiger partial charge in [-0.05, 0) is 100 Å². The molecule has 0 unspecified atom stereocenters. The molecule has 4 heterocycles. The van der Waals surface area contributed by atoms with Crippen LogP contribution in [-0.2, 0) is 0 Å². The zero-order valence-corrected chi connectivity index (χ0v) is 40.5. The molecular formula is C70H43N3O2. The van der Waals surface area contributed by atoms with Crippen molar-refractivity contribution in [1.82, 2.24) is 14.5 Å². The minimum Gasteiger partial charge on any atom is -0.456 e. The normalized spacial score (nSPS) is 11.7. The lowest BCUT2D eigenvalue weighted by Crippen LogP contribution is -2.04. The first-order valence-electron chi connectivity index (χ1n) is 25.4. The summed E-state index contributed by atoms with van der Waals surface area (Å²) in [6, 6.07) is 92.7. The first-order chi connectivity index (χ1) is 37.2. The molecule has 15 aromatic rings. The lowest BCUT2D eigenvalue weighted by atomic mass is 9.86. The molecule has 0 atom stereocenters. The van der Waals surface area contributed by atoms with Crippen LogP contribution in [0.5, 0.6) is 0 Å². The molecule has 0 fully saturated rings. The summed E-state index contributed by atoms with van der Waals surface area (Å²) < 4.78 is 15.3. The molecule has 0 N–H and O–H groups in total. The lowest BCUT2D eigenvalue weighted by molar-refractivity contribution is 0.668. The van der Waals surface area contributed by atoms with Crippen molar-refractivity contribution in [2.45, 2.75) is 0 Å². The van der Waals surface area contributed by atoms with Crippen molar-refractivity contribution in [1.29, 1.82) is 0 Å². The van der Waals surface area contributed by atoms with Crippen molar-refractivity contribution in [2.24, 2.45) is 0 Å². The van der Waals surface area contributed by atoms with Gasteiger partial charge in [-0.1, -0.05) is 194 Å². The van der Waals surface area contributed by atoms with Gasteiger partial charge in [0.1, 0.15) is 22.3 Å². The Kier molecular flexibility index (Phi) is 9.82. The zero-order chi connectivity index (χ0) is 49.4. The molecule has 0 saturated carbocycles. The van der Waals surface area contributed by atoms with Crippen molar-refractivity contribution in [2.75, 3.05) is 0 Å². The van der Waals surface area contributed by atoms with Gasteiger partial charge < -0.3 is 13.4 Å². The summed E-state index contributed by atoms with van der Waals surface area (Å²) >= 11 is 0. The number of hydrogen-bond acceptors (Lipinski definition) is 4. The highest BCUT2D eigenvalue weighted by Crippen LogP contribution is 2.49. The maximum atomic E-state index is 6.39. The van der Waals surface area contributed by atoms with Crippen molar-refractivity contribution in [3.05, 3.63) is 261 Å². The van der Waals surface area contributed by atoms with Gasteiger partial charge in [0.15, 0.2) is 5.82 Å². The maximum absolute atomic E-state index is 6.39. The Morgan fingerprint density at radius 3 is 1.17 bits per heavy atom. The summed E-state index contributed by atoms with van der Waals surface area (Å²) in [6.45, 7) is 0. The van der Waals surface area contributed by atoms with Crippen LogP contribution >= 0.6 is 0 Å². The van der Waals surface area contributed by atoms with Gasteiger partial charge in [-0.2, -0.15) is 0 Å². The molecule has 0 aliphatic rings. The van der Waals surface area contributed by atoms with Crippen molar-refractivity contribution in [3.63, 3.8) is 0 Å². The van der Waals surface area contributed by atoms with Crippen LogP contribution in [0.1, 0.15) is 0 Å². The minimum atomic E-state index is 0.656. The number of furan rings is 2. The highest BCUT2D eigenvalue weighted by Gasteiger charge is 2.26. The number of fused-ring (bicyclic) bond motifs is 9. The Hall–Kier alpha value is -10.1. The third-order valence-electron chi connectivity index (χ3n) is 14.8. The fourth-order valence-electron chi connectivity index (χ4n) is 11.4. The van der Waals surface area contributed by atoms with Gasteiger partial charge in [0.2, 0.25) is 0 Å². The number of para-hydroxylation sites is 4. The molecule has 350 valence electrons. The van der Waals surface area contributed by atoms with Gasteiger partial charge in [-0.15, -0.1) is 0 Å². The second-order valence-corrected chi connectivity index (χ2v) is 19.2. The van der Waals surface area contributed by atoms with Gasteiger partial charge in [-0.3, -0.25) is 0 Å². The predicted molar refractivity (Wildman–Crippen MR) is 309 cm³/mol. The summed E-state index contributed by atoms with van der Waals surface area (Å²) in [7, 11) is 0. The topological polar surface area (TPSA) is 57.0 Å². The number of rotatable bonds is 8. The maximum Gasteiger partial charge on any atom is 0.160 e. The quantitative estimate of drug-likeness (QED) is 0.152. The van der Waals surface area contributed by atoms with Crippen LogP contribution in [0.3, 0.4) is 0 Å². The van der Waals surface area contributed by atoms with Crippen LogP contribution in [0.4, 0.5) is 0 Å². The van der Waals surface area contributed by atoms with E-state index >= 15 is 0 Å². The molecule has 4 aromatic heterocycles. The van der Waals surface area contributed by atoms with Crippen LogP contribution in [-0.4, -0.2) is 14.5 Å². The zero-order valence-electron chi connectivity index (χ0n) is 40.5. The van der Waals surface area contributed by atoms with E-state index in [-0.39, 0.29) is 0 Å². The Bertz CT molecular complexity index is 4430. The molecule has 5 heteroatoms. The van der Waals surface area contributed by atoms with Crippen molar-refractivity contribution < 1.29 is 8.83 Å². The third kappa shape index (κ3) is 7.08. The lowest BCUT2D eigenvalue weighted by Gasteiger charge is -2.24. The second-order valence-electron chi connectivity index (χ2n) is 19.2. The van der Waals surface area contributed by atoms with E-state index in [0.29, 0.717) is 5.82 Å². The van der Waals surface area contributed by atoms with Gasteiger partial charge in [0.25, 0.3) is 0 Å². The van der Waals surface area contributed by atoms with Crippen LogP contribution < -0.4 is 0 Å². The van der Waals surface area contributed by atoms with Crippen LogP contribution in [0.2, 0.25) is 0 Å². The standard InChI is InChI=1S/C70H43N3O2/c1-3-19-44(20-4-1)61-43-62(72-70(71-61)45-21-5-2-6-22-45)48-41-59(51-25-9-7-23-49(51)46-35-37-67-57(39-46)55-29-13-17-33-65(55)74-67)69(73-63-31-15-11-27-53(63)54-28-12-16-32-64(54)73)60(42-48)52-26-10-8-24-50(52)47-36-38-68-58(40-47)56-30-14-18-34-66(56)75-68/h1-43H. The molecule has 0 radical (unpaired) electrons. The molecule has 0 aliphatic carbocycles. The van der Waals surface area contributed by atoms with Crippen molar-refractivity contribution >= 4 is 65.7 Å². The number of nitrogens with zero attached hydrogens (tertiary/aromatic N) is 3. The number of hydrogen-bond donors (Lipinski definition) is 0. The van der Waals surface area contributed by atoms with E-state index in [0.717, 1.165) is 133 Å². The smallest absolute Gasteiger partial charge is 0.160 e. The summed E-state index contributed by atoms with van der Waals surface area (Å²) in [5.74, 6) is 0.656. The molecule has 15 rings (SSSR count). The van der Waals surface area contributed by atoms with E-state index in [1.807, 2.05) is 48.5 Å². The van der Waals surface area contributed by atoms with Gasteiger partial charge in [-0.25, -0.2) is 9.97 Å². The van der Waals surface area contributed by atoms with Crippen LogP contribution in [0, 0.1) is 0 Å². The molecule has 5 nitrogen and oxygen atoms in total. The Morgan fingerprint density at radius 2 is 0.653 bits per heavy atom. The first kappa shape index (κ1) is 42.6. The highest BCUT2D eigenvalue weighted by molar-refractivity contribution is 6.13.